The molecule has 1 aromatic carbocycles. The van der Waals surface area contributed by atoms with Gasteiger partial charge >= 0.3 is 0 Å². The minimum atomic E-state index is -0.371. The van der Waals surface area contributed by atoms with Crippen LogP contribution in [-0.4, -0.2) is 54.6 Å². The van der Waals surface area contributed by atoms with Gasteiger partial charge in [-0.3, -0.25) is 4.99 Å². The number of methoxy groups -OCH3 is 2. The van der Waals surface area contributed by atoms with E-state index in [0.29, 0.717) is 17.5 Å². The molecular formula is C23H30N5O3SW-. The van der Waals surface area contributed by atoms with Gasteiger partial charge in [0, 0.05) is 45.5 Å². The molecule has 0 radical (unpaired) electrons. The van der Waals surface area contributed by atoms with Gasteiger partial charge in [0.2, 0.25) is 5.88 Å². The second-order valence-corrected chi connectivity index (χ2v) is 7.80. The van der Waals surface area contributed by atoms with Crippen LogP contribution in [-0.2, 0) is 21.1 Å². The summed E-state index contributed by atoms with van der Waals surface area (Å²) in [5.41, 5.74) is 5.73. The maximum atomic E-state index is 5.44. The van der Waals surface area contributed by atoms with Crippen molar-refractivity contribution in [3.8, 4) is 17.4 Å². The first-order valence-corrected chi connectivity index (χ1v) is 11.7. The maximum Gasteiger partial charge on any atom is 0.213 e. The van der Waals surface area contributed by atoms with Gasteiger partial charge in [0.1, 0.15) is 16.5 Å². The fraction of sp³-hybridized carbons (Fsp3) is 0.435. The third kappa shape index (κ3) is 7.27. The molecule has 1 saturated heterocycles. The Kier molecular flexibility index (Phi) is 11.3. The number of pyridine rings is 1. The molecule has 2 aliphatic heterocycles. The zero-order valence-electron chi connectivity index (χ0n) is 19.4. The molecular weight excluding hydrogens is 610 g/mol. The first-order chi connectivity index (χ1) is 15.7. The molecule has 1 aromatic heterocycles. The zero-order valence-corrected chi connectivity index (χ0v) is 23.2. The Morgan fingerprint density at radius 1 is 0.970 bits per heavy atom. The molecule has 3 heterocycles. The average Bonchev–Trinajstić information content (AvgIpc) is 3.21. The summed E-state index contributed by atoms with van der Waals surface area (Å²) in [5, 5.41) is 4.27. The molecule has 0 unspecified atom stereocenters. The Morgan fingerprint density at radius 2 is 1.67 bits per heavy atom. The molecule has 1 N–H and O–H groups in total. The summed E-state index contributed by atoms with van der Waals surface area (Å²) in [6.07, 6.45) is 3.36. The Hall–Kier alpha value is -1.93. The molecule has 1 spiro atoms. The zero-order chi connectivity index (χ0) is 22.8. The van der Waals surface area contributed by atoms with E-state index in [2.05, 4.69) is 15.8 Å². The van der Waals surface area contributed by atoms with Crippen molar-refractivity contribution in [1.82, 2.24) is 10.3 Å². The van der Waals surface area contributed by atoms with Crippen LogP contribution < -0.4 is 19.6 Å². The number of rotatable bonds is 7. The summed E-state index contributed by atoms with van der Waals surface area (Å²) in [6.45, 7) is 5.83. The fourth-order valence-electron chi connectivity index (χ4n) is 3.34. The van der Waals surface area contributed by atoms with Crippen LogP contribution in [0.3, 0.4) is 0 Å². The second-order valence-electron chi connectivity index (χ2n) is 6.87. The third-order valence-electron chi connectivity index (χ3n) is 4.94. The Bertz CT molecular complexity index is 917. The van der Waals surface area contributed by atoms with Crippen molar-refractivity contribution in [3.63, 3.8) is 0 Å². The SMILES string of the molecule is CC.COc1ccc(C2=NC3(CCNCC3)N=C2SC[N-]Oc2ccc(OC)nc2)cc1.[W]. The van der Waals surface area contributed by atoms with Crippen molar-refractivity contribution in [1.29, 1.82) is 0 Å². The van der Waals surface area contributed by atoms with Gasteiger partial charge in [0.25, 0.3) is 0 Å². The fourth-order valence-corrected chi connectivity index (χ4v) is 4.10. The largest absolute Gasteiger partial charge is 0.586 e. The van der Waals surface area contributed by atoms with Crippen LogP contribution in [0.1, 0.15) is 32.3 Å². The molecule has 0 bridgehead atoms. The van der Waals surface area contributed by atoms with E-state index in [1.54, 1.807) is 32.5 Å². The second kappa shape index (κ2) is 13.7. The number of aliphatic imine (C=N–C) groups is 2. The van der Waals surface area contributed by atoms with E-state index in [1.807, 2.05) is 38.1 Å². The number of benzene rings is 1. The molecule has 4 rings (SSSR count). The molecule has 0 aliphatic carbocycles. The summed E-state index contributed by atoms with van der Waals surface area (Å²) < 4.78 is 10.3. The van der Waals surface area contributed by atoms with E-state index < -0.39 is 0 Å². The monoisotopic (exact) mass is 640 g/mol. The molecule has 33 heavy (non-hydrogen) atoms. The van der Waals surface area contributed by atoms with Crippen LogP contribution in [0, 0.1) is 0 Å². The predicted molar refractivity (Wildman–Crippen MR) is 130 cm³/mol. The van der Waals surface area contributed by atoms with Gasteiger partial charge in [-0.25, -0.2) is 9.98 Å². The van der Waals surface area contributed by atoms with Gasteiger partial charge in [-0.05, 0) is 43.4 Å². The average molecular weight is 640 g/mol. The van der Waals surface area contributed by atoms with Gasteiger partial charge < -0.3 is 25.1 Å². The van der Waals surface area contributed by atoms with Crippen molar-refractivity contribution in [3.05, 3.63) is 53.6 Å². The molecule has 1 fully saturated rings. The van der Waals surface area contributed by atoms with E-state index in [1.165, 1.54) is 11.8 Å². The maximum absolute atomic E-state index is 5.44. The molecule has 0 saturated carbocycles. The summed E-state index contributed by atoms with van der Waals surface area (Å²) in [6, 6.07) is 11.4. The quantitative estimate of drug-likeness (QED) is 0.355. The van der Waals surface area contributed by atoms with Crippen LogP contribution in [0.2, 0.25) is 0 Å². The number of nitrogens with zero attached hydrogens (tertiary/aromatic N) is 4. The van der Waals surface area contributed by atoms with Gasteiger partial charge in [-0.15, -0.1) is 11.8 Å². The van der Waals surface area contributed by atoms with Crippen molar-refractivity contribution in [2.24, 2.45) is 9.98 Å². The number of hydrogen-bond donors (Lipinski definition) is 1. The van der Waals surface area contributed by atoms with E-state index >= 15 is 0 Å². The van der Waals surface area contributed by atoms with E-state index in [-0.39, 0.29) is 26.7 Å². The number of nitrogens with one attached hydrogen (secondary N) is 1. The number of hydroxylamine groups is 1. The first-order valence-electron chi connectivity index (χ1n) is 10.7. The number of thioether (sulfide) groups is 1. The minimum absolute atomic E-state index is 0. The van der Waals surface area contributed by atoms with E-state index in [9.17, 15) is 0 Å². The summed E-state index contributed by atoms with van der Waals surface area (Å²) in [4.78, 5) is 19.6. The van der Waals surface area contributed by atoms with Crippen LogP contribution in [0.25, 0.3) is 5.48 Å². The molecule has 0 atom stereocenters. The van der Waals surface area contributed by atoms with Crippen molar-refractivity contribution in [2.75, 3.05) is 33.2 Å². The Morgan fingerprint density at radius 3 is 2.27 bits per heavy atom. The van der Waals surface area contributed by atoms with Gasteiger partial charge in [-0.2, -0.15) is 0 Å². The topological polar surface area (TPSA) is 91.4 Å². The molecule has 10 heteroatoms. The predicted octanol–water partition coefficient (Wildman–Crippen LogP) is 4.46. The number of aromatic nitrogens is 1. The van der Waals surface area contributed by atoms with Crippen LogP contribution in [0.15, 0.2) is 52.6 Å². The van der Waals surface area contributed by atoms with Gasteiger partial charge in [0.15, 0.2) is 5.66 Å². The summed E-state index contributed by atoms with van der Waals surface area (Å²) in [5.74, 6) is 2.30. The van der Waals surface area contributed by atoms with Crippen LogP contribution in [0.4, 0.5) is 0 Å². The summed E-state index contributed by atoms with van der Waals surface area (Å²) in [7, 11) is 3.23. The number of piperidine rings is 1. The Balaban J connectivity index is 0.00000125. The van der Waals surface area contributed by atoms with E-state index in [4.69, 9.17) is 24.3 Å². The van der Waals surface area contributed by atoms with Gasteiger partial charge in [0.05, 0.1) is 26.1 Å². The standard InChI is InChI=1S/C21H24N5O3S.C2H6.W/c1-27-16-5-3-15(4-6-16)19-20(26-21(25-19)9-11-22-12-10-21)30-14-24-29-17-7-8-18(28-2)23-13-17;1-2;/h3-8,13,22H,9-12,14H2,1-2H3;1-2H3;/q-1;;. The van der Waals surface area contributed by atoms with Crippen molar-refractivity contribution < 1.29 is 35.4 Å². The molecule has 178 valence electrons. The molecule has 2 aliphatic rings. The van der Waals surface area contributed by atoms with Gasteiger partial charge in [-0.1, -0.05) is 19.7 Å². The molecule has 0 amide bonds. The van der Waals surface area contributed by atoms with Crippen LogP contribution >= 0.6 is 11.8 Å². The van der Waals surface area contributed by atoms with Crippen LogP contribution in [0.5, 0.6) is 17.4 Å². The smallest absolute Gasteiger partial charge is 0.213 e. The van der Waals surface area contributed by atoms with E-state index in [0.717, 1.165) is 48.0 Å². The minimum Gasteiger partial charge on any atom is -0.586 e. The number of ether oxygens (including phenoxy) is 2. The number of hydrogen-bond acceptors (Lipinski definition) is 8. The Labute approximate surface area is 214 Å². The first kappa shape index (κ1) is 27.3. The third-order valence-corrected chi connectivity index (χ3v) is 5.73. The van der Waals surface area contributed by atoms with Crippen molar-refractivity contribution in [2.45, 2.75) is 32.4 Å². The summed E-state index contributed by atoms with van der Waals surface area (Å²) >= 11 is 1.52. The molecule has 2 aromatic rings. The molecule has 8 nitrogen and oxygen atoms in total. The van der Waals surface area contributed by atoms with Crippen molar-refractivity contribution >= 4 is 22.5 Å². The normalized spacial score (nSPS) is 16.0.